The number of carbonyl (C=O) groups is 1. The van der Waals surface area contributed by atoms with Gasteiger partial charge in [-0.25, -0.2) is 0 Å². The summed E-state index contributed by atoms with van der Waals surface area (Å²) in [6.45, 7) is 1.97. The van der Waals surface area contributed by atoms with Crippen molar-refractivity contribution >= 4 is 12.2 Å². The van der Waals surface area contributed by atoms with Crippen molar-refractivity contribution in [3.8, 4) is 0 Å². The van der Waals surface area contributed by atoms with Gasteiger partial charge in [-0.05, 0) is 24.2 Å². The van der Waals surface area contributed by atoms with Gasteiger partial charge in [0.1, 0.15) is 0 Å². The van der Waals surface area contributed by atoms with Gasteiger partial charge in [-0.1, -0.05) is 17.7 Å². The van der Waals surface area contributed by atoms with Crippen LogP contribution in [0.5, 0.6) is 0 Å². The number of nitrogens with zero attached hydrogens (tertiary/aromatic N) is 1. The van der Waals surface area contributed by atoms with E-state index < -0.39 is 6.29 Å². The smallest absolute Gasteiger partial charge is 0.323 e. The topological polar surface area (TPSA) is 47.9 Å². The molecule has 1 aliphatic heterocycles. The zero-order chi connectivity index (χ0) is 9.97. The molecular formula is C10H9NO3. The molecule has 72 valence electrons. The average molecular weight is 191 g/mol. The molecule has 0 aromatic heterocycles. The number of hydrogen-bond donors (Lipinski definition) is 0. The summed E-state index contributed by atoms with van der Waals surface area (Å²) in [7, 11) is 0. The Kier molecular flexibility index (Phi) is 2.18. The van der Waals surface area contributed by atoms with Crippen molar-refractivity contribution in [2.75, 3.05) is 0 Å². The van der Waals surface area contributed by atoms with Gasteiger partial charge < -0.3 is 9.57 Å². The molecular weight excluding hydrogens is 182 g/mol. The lowest BCUT2D eigenvalue weighted by Gasteiger charge is -2.02. The molecule has 0 spiro atoms. The molecule has 4 nitrogen and oxygen atoms in total. The molecule has 4 heteroatoms. The van der Waals surface area contributed by atoms with Crippen LogP contribution in [0.2, 0.25) is 0 Å². The van der Waals surface area contributed by atoms with E-state index in [1.165, 1.54) is 0 Å². The molecule has 0 bridgehead atoms. The largest absolute Gasteiger partial charge is 0.426 e. The van der Waals surface area contributed by atoms with Gasteiger partial charge in [0.05, 0.1) is 0 Å². The van der Waals surface area contributed by atoms with Gasteiger partial charge in [-0.3, -0.25) is 4.79 Å². The van der Waals surface area contributed by atoms with Gasteiger partial charge in [0, 0.05) is 5.56 Å². The van der Waals surface area contributed by atoms with Crippen LogP contribution in [0.15, 0.2) is 29.4 Å². The average Bonchev–Trinajstić information content (AvgIpc) is 2.66. The van der Waals surface area contributed by atoms with E-state index in [1.54, 1.807) is 0 Å². The van der Waals surface area contributed by atoms with E-state index in [1.807, 2.05) is 31.2 Å². The summed E-state index contributed by atoms with van der Waals surface area (Å²) < 4.78 is 5.11. The van der Waals surface area contributed by atoms with E-state index in [9.17, 15) is 4.79 Å². The lowest BCUT2D eigenvalue weighted by molar-refractivity contribution is -0.131. The SMILES string of the molecule is Cc1cccc(C2=NOC(C=O)O2)c1. The molecule has 0 fully saturated rings. The van der Waals surface area contributed by atoms with E-state index in [2.05, 4.69) is 5.16 Å². The molecule has 0 radical (unpaired) electrons. The molecule has 1 aromatic rings. The predicted octanol–water partition coefficient (Wildman–Crippen LogP) is 1.23. The number of aldehydes is 1. The summed E-state index contributed by atoms with van der Waals surface area (Å²) >= 11 is 0. The van der Waals surface area contributed by atoms with Crippen LogP contribution < -0.4 is 0 Å². The van der Waals surface area contributed by atoms with Gasteiger partial charge in [0.25, 0.3) is 5.90 Å². The molecule has 2 rings (SSSR count). The van der Waals surface area contributed by atoms with Gasteiger partial charge in [0.15, 0.2) is 0 Å². The van der Waals surface area contributed by atoms with Crippen molar-refractivity contribution in [1.29, 1.82) is 0 Å². The lowest BCUT2D eigenvalue weighted by atomic mass is 10.1. The highest BCUT2D eigenvalue weighted by molar-refractivity contribution is 5.95. The number of oxime groups is 1. The minimum atomic E-state index is -0.898. The molecule has 0 N–H and O–H groups in total. The van der Waals surface area contributed by atoms with Crippen molar-refractivity contribution < 1.29 is 14.4 Å². The molecule has 0 aliphatic carbocycles. The monoisotopic (exact) mass is 191 g/mol. The first-order chi connectivity index (χ1) is 6.79. The number of ether oxygens (including phenoxy) is 1. The van der Waals surface area contributed by atoms with Crippen LogP contribution in [-0.2, 0) is 14.4 Å². The van der Waals surface area contributed by atoms with Crippen molar-refractivity contribution in [2.24, 2.45) is 5.16 Å². The maximum absolute atomic E-state index is 10.3. The van der Waals surface area contributed by atoms with Crippen LogP contribution in [0.4, 0.5) is 0 Å². The van der Waals surface area contributed by atoms with Gasteiger partial charge in [-0.15, -0.1) is 0 Å². The Morgan fingerprint density at radius 1 is 1.50 bits per heavy atom. The van der Waals surface area contributed by atoms with Crippen LogP contribution in [0.3, 0.4) is 0 Å². The summed E-state index contributed by atoms with van der Waals surface area (Å²) in [5.41, 5.74) is 1.91. The normalized spacial score (nSPS) is 19.5. The fourth-order valence-corrected chi connectivity index (χ4v) is 1.20. The fraction of sp³-hybridized carbons (Fsp3) is 0.200. The highest BCUT2D eigenvalue weighted by atomic mass is 16.8. The predicted molar refractivity (Wildman–Crippen MR) is 49.7 cm³/mol. The van der Waals surface area contributed by atoms with Crippen molar-refractivity contribution in [3.05, 3.63) is 35.4 Å². The molecule has 1 aliphatic rings. The van der Waals surface area contributed by atoms with Crippen molar-refractivity contribution in [2.45, 2.75) is 13.2 Å². The van der Waals surface area contributed by atoms with Crippen molar-refractivity contribution in [1.82, 2.24) is 0 Å². The first-order valence-electron chi connectivity index (χ1n) is 4.22. The van der Waals surface area contributed by atoms with Crippen LogP contribution in [-0.4, -0.2) is 18.5 Å². The minimum absolute atomic E-state index is 0.353. The maximum Gasteiger partial charge on any atom is 0.323 e. The van der Waals surface area contributed by atoms with E-state index in [-0.39, 0.29) is 0 Å². The number of benzene rings is 1. The van der Waals surface area contributed by atoms with Gasteiger partial charge in [-0.2, -0.15) is 0 Å². The number of carbonyl (C=O) groups excluding carboxylic acids is 1. The second-order valence-corrected chi connectivity index (χ2v) is 2.99. The van der Waals surface area contributed by atoms with E-state index >= 15 is 0 Å². The second-order valence-electron chi connectivity index (χ2n) is 2.99. The number of rotatable bonds is 2. The Balaban J connectivity index is 2.21. The number of aryl methyl sites for hydroxylation is 1. The first-order valence-corrected chi connectivity index (χ1v) is 4.22. The van der Waals surface area contributed by atoms with Gasteiger partial charge in [0.2, 0.25) is 6.29 Å². The third kappa shape index (κ3) is 1.59. The van der Waals surface area contributed by atoms with Crippen LogP contribution >= 0.6 is 0 Å². The zero-order valence-corrected chi connectivity index (χ0v) is 7.64. The van der Waals surface area contributed by atoms with Gasteiger partial charge >= 0.3 is 6.29 Å². The summed E-state index contributed by atoms with van der Waals surface area (Å²) in [6, 6.07) is 7.62. The zero-order valence-electron chi connectivity index (χ0n) is 7.64. The highest BCUT2D eigenvalue weighted by Gasteiger charge is 2.21. The first kappa shape index (κ1) is 8.74. The van der Waals surface area contributed by atoms with E-state index in [0.29, 0.717) is 12.2 Å². The van der Waals surface area contributed by atoms with Crippen LogP contribution in [0.25, 0.3) is 0 Å². The maximum atomic E-state index is 10.3. The summed E-state index contributed by atoms with van der Waals surface area (Å²) in [5, 5.41) is 3.66. The van der Waals surface area contributed by atoms with Crippen LogP contribution in [0.1, 0.15) is 11.1 Å². The van der Waals surface area contributed by atoms with E-state index in [0.717, 1.165) is 11.1 Å². The standard InChI is InChI=1S/C10H9NO3/c1-7-3-2-4-8(5-7)10-11-14-9(6-12)13-10/h2-6,9H,1H3. The third-order valence-corrected chi connectivity index (χ3v) is 1.84. The highest BCUT2D eigenvalue weighted by Crippen LogP contribution is 2.13. The van der Waals surface area contributed by atoms with Crippen molar-refractivity contribution in [3.63, 3.8) is 0 Å². The third-order valence-electron chi connectivity index (χ3n) is 1.84. The summed E-state index contributed by atoms with van der Waals surface area (Å²) in [6.07, 6.45) is -0.336. The molecule has 0 saturated carbocycles. The molecule has 1 aromatic carbocycles. The quantitative estimate of drug-likeness (QED) is 0.660. The Labute approximate surface area is 81.1 Å². The molecule has 0 saturated heterocycles. The minimum Gasteiger partial charge on any atom is -0.426 e. The summed E-state index contributed by atoms with van der Waals surface area (Å²) in [4.78, 5) is 15.0. The Bertz CT molecular complexity index is 387. The second kappa shape index (κ2) is 3.49. The Hall–Kier alpha value is -1.84. The molecule has 0 amide bonds. The Morgan fingerprint density at radius 2 is 2.36 bits per heavy atom. The summed E-state index contributed by atoms with van der Waals surface area (Å²) in [5.74, 6) is 0.353. The molecule has 1 atom stereocenters. The lowest BCUT2D eigenvalue weighted by Crippen LogP contribution is -2.13. The fourth-order valence-electron chi connectivity index (χ4n) is 1.20. The van der Waals surface area contributed by atoms with E-state index in [4.69, 9.17) is 9.57 Å². The number of hydrogen-bond acceptors (Lipinski definition) is 4. The molecule has 14 heavy (non-hydrogen) atoms. The van der Waals surface area contributed by atoms with Crippen LogP contribution in [0, 0.1) is 6.92 Å². The molecule has 1 unspecified atom stereocenters. The molecule has 1 heterocycles. The Morgan fingerprint density at radius 3 is 3.00 bits per heavy atom.